The number of morpholine rings is 1. The molecule has 1 amide bonds. The lowest BCUT2D eigenvalue weighted by Gasteiger charge is -2.36. The Hall–Kier alpha value is -1.89. The summed E-state index contributed by atoms with van der Waals surface area (Å²) in [5.74, 6) is 0.850. The number of hydrogen-bond donors (Lipinski definition) is 2. The van der Waals surface area contributed by atoms with Crippen molar-refractivity contribution in [2.45, 2.75) is 25.8 Å². The summed E-state index contributed by atoms with van der Waals surface area (Å²) < 4.78 is 5.31. The molecule has 1 unspecified atom stereocenters. The second-order valence-corrected chi connectivity index (χ2v) is 4.84. The molecular formula is C12H19N5O2. The fourth-order valence-electron chi connectivity index (χ4n) is 2.28. The van der Waals surface area contributed by atoms with Crippen molar-refractivity contribution in [3.63, 3.8) is 0 Å². The fourth-order valence-corrected chi connectivity index (χ4v) is 2.28. The van der Waals surface area contributed by atoms with Gasteiger partial charge in [-0.2, -0.15) is 0 Å². The fraction of sp³-hybridized carbons (Fsp3) is 0.583. The normalized spacial score (nSPS) is 19.7. The summed E-state index contributed by atoms with van der Waals surface area (Å²) in [6, 6.07) is -0.513. The molecule has 104 valence electrons. The van der Waals surface area contributed by atoms with E-state index in [9.17, 15) is 4.79 Å². The topological polar surface area (TPSA) is 107 Å². The molecule has 0 spiro atoms. The van der Waals surface area contributed by atoms with E-state index in [4.69, 9.17) is 16.2 Å². The number of carbonyl (C=O) groups is 1. The lowest BCUT2D eigenvalue weighted by molar-refractivity contribution is -0.121. The SMILES string of the molecule is CC(C)c1c(N)ncnc1N1CCOCC1C(N)=O. The van der Waals surface area contributed by atoms with E-state index in [1.165, 1.54) is 6.33 Å². The number of carbonyl (C=O) groups excluding carboxylic acids is 1. The van der Waals surface area contributed by atoms with E-state index in [1.54, 1.807) is 0 Å². The van der Waals surface area contributed by atoms with Gasteiger partial charge in [0.25, 0.3) is 0 Å². The lowest BCUT2D eigenvalue weighted by Crippen LogP contribution is -2.53. The zero-order valence-electron chi connectivity index (χ0n) is 11.2. The Morgan fingerprint density at radius 2 is 2.26 bits per heavy atom. The largest absolute Gasteiger partial charge is 0.383 e. The number of ether oxygens (including phenoxy) is 1. The summed E-state index contributed by atoms with van der Waals surface area (Å²) in [6.07, 6.45) is 1.41. The van der Waals surface area contributed by atoms with Gasteiger partial charge in [0.05, 0.1) is 13.2 Å². The molecule has 0 aromatic carbocycles. The Kier molecular flexibility index (Phi) is 3.84. The van der Waals surface area contributed by atoms with Gasteiger partial charge in [-0.15, -0.1) is 0 Å². The quantitative estimate of drug-likeness (QED) is 0.788. The van der Waals surface area contributed by atoms with Crippen LogP contribution in [-0.4, -0.2) is 41.7 Å². The third-order valence-electron chi connectivity index (χ3n) is 3.20. The van der Waals surface area contributed by atoms with Crippen molar-refractivity contribution in [2.24, 2.45) is 5.73 Å². The van der Waals surface area contributed by atoms with Crippen molar-refractivity contribution in [1.29, 1.82) is 0 Å². The van der Waals surface area contributed by atoms with Gasteiger partial charge in [-0.25, -0.2) is 9.97 Å². The molecule has 0 saturated carbocycles. The van der Waals surface area contributed by atoms with Crippen molar-refractivity contribution >= 4 is 17.5 Å². The molecule has 1 aromatic rings. The number of primary amides is 1. The second-order valence-electron chi connectivity index (χ2n) is 4.84. The number of rotatable bonds is 3. The first-order chi connectivity index (χ1) is 9.02. The molecule has 1 atom stereocenters. The average molecular weight is 265 g/mol. The maximum atomic E-state index is 11.5. The standard InChI is InChI=1S/C12H19N5O2/c1-7(2)9-10(13)15-6-16-12(9)17-3-4-19-5-8(17)11(14)18/h6-8H,3-5H2,1-2H3,(H2,14,18)(H2,13,15,16). The molecule has 4 N–H and O–H groups in total. The first kappa shape index (κ1) is 13.5. The summed E-state index contributed by atoms with van der Waals surface area (Å²) in [6.45, 7) is 5.39. The monoisotopic (exact) mass is 265 g/mol. The van der Waals surface area contributed by atoms with Crippen LogP contribution in [0.4, 0.5) is 11.6 Å². The van der Waals surface area contributed by atoms with Gasteiger partial charge in [0, 0.05) is 12.1 Å². The van der Waals surface area contributed by atoms with Crippen molar-refractivity contribution in [3.8, 4) is 0 Å². The van der Waals surface area contributed by atoms with Gasteiger partial charge in [0.15, 0.2) is 0 Å². The number of nitrogens with two attached hydrogens (primary N) is 2. The molecule has 1 aromatic heterocycles. The average Bonchev–Trinajstić information content (AvgIpc) is 2.37. The van der Waals surface area contributed by atoms with Crippen LogP contribution in [-0.2, 0) is 9.53 Å². The van der Waals surface area contributed by atoms with E-state index in [1.807, 2.05) is 18.7 Å². The number of hydrogen-bond acceptors (Lipinski definition) is 6. The maximum absolute atomic E-state index is 11.5. The zero-order valence-corrected chi connectivity index (χ0v) is 11.2. The lowest BCUT2D eigenvalue weighted by atomic mass is 10.0. The predicted molar refractivity (Wildman–Crippen MR) is 71.7 cm³/mol. The molecule has 1 fully saturated rings. The Bertz CT molecular complexity index is 477. The van der Waals surface area contributed by atoms with Crippen molar-refractivity contribution in [3.05, 3.63) is 11.9 Å². The minimum Gasteiger partial charge on any atom is -0.383 e. The van der Waals surface area contributed by atoms with Gasteiger partial charge in [0.1, 0.15) is 24.0 Å². The number of nitrogen functional groups attached to an aromatic ring is 1. The molecule has 1 aliphatic heterocycles. The Labute approximate surface area is 111 Å². The van der Waals surface area contributed by atoms with Gasteiger partial charge in [-0.3, -0.25) is 4.79 Å². The molecular weight excluding hydrogens is 246 g/mol. The maximum Gasteiger partial charge on any atom is 0.242 e. The third kappa shape index (κ3) is 2.60. The molecule has 7 heteroatoms. The summed E-state index contributed by atoms with van der Waals surface area (Å²) >= 11 is 0. The van der Waals surface area contributed by atoms with Crippen molar-refractivity contribution in [2.75, 3.05) is 30.4 Å². The van der Waals surface area contributed by atoms with Crippen molar-refractivity contribution < 1.29 is 9.53 Å². The number of nitrogens with zero attached hydrogens (tertiary/aromatic N) is 3. The summed E-state index contributed by atoms with van der Waals surface area (Å²) in [5.41, 5.74) is 12.2. The van der Waals surface area contributed by atoms with Crippen LogP contribution >= 0.6 is 0 Å². The van der Waals surface area contributed by atoms with E-state index in [0.29, 0.717) is 24.8 Å². The highest BCUT2D eigenvalue weighted by molar-refractivity contribution is 5.84. The van der Waals surface area contributed by atoms with Crippen molar-refractivity contribution in [1.82, 2.24) is 9.97 Å². The van der Waals surface area contributed by atoms with Gasteiger partial charge in [0.2, 0.25) is 5.91 Å². The van der Waals surface area contributed by atoms with E-state index < -0.39 is 11.9 Å². The number of aromatic nitrogens is 2. The highest BCUT2D eigenvalue weighted by atomic mass is 16.5. The summed E-state index contributed by atoms with van der Waals surface area (Å²) in [7, 11) is 0. The van der Waals surface area contributed by atoms with Crippen LogP contribution in [0.5, 0.6) is 0 Å². The molecule has 0 radical (unpaired) electrons. The van der Waals surface area contributed by atoms with E-state index >= 15 is 0 Å². The first-order valence-corrected chi connectivity index (χ1v) is 6.26. The highest BCUT2D eigenvalue weighted by Crippen LogP contribution is 2.30. The molecule has 2 heterocycles. The smallest absolute Gasteiger partial charge is 0.242 e. The van der Waals surface area contributed by atoms with Crippen LogP contribution < -0.4 is 16.4 Å². The second kappa shape index (κ2) is 5.40. The molecule has 1 saturated heterocycles. The van der Waals surface area contributed by atoms with Gasteiger partial charge >= 0.3 is 0 Å². The van der Waals surface area contributed by atoms with E-state index in [-0.39, 0.29) is 12.5 Å². The van der Waals surface area contributed by atoms with Crippen LogP contribution in [0.3, 0.4) is 0 Å². The molecule has 0 bridgehead atoms. The van der Waals surface area contributed by atoms with Gasteiger partial charge in [-0.05, 0) is 5.92 Å². The Balaban J connectivity index is 2.44. The van der Waals surface area contributed by atoms with E-state index in [0.717, 1.165) is 5.56 Å². The third-order valence-corrected chi connectivity index (χ3v) is 3.20. The molecule has 19 heavy (non-hydrogen) atoms. The van der Waals surface area contributed by atoms with Gasteiger partial charge < -0.3 is 21.1 Å². The van der Waals surface area contributed by atoms with Crippen LogP contribution in [0.2, 0.25) is 0 Å². The number of amides is 1. The van der Waals surface area contributed by atoms with E-state index in [2.05, 4.69) is 9.97 Å². The van der Waals surface area contributed by atoms with Crippen LogP contribution in [0, 0.1) is 0 Å². The molecule has 2 rings (SSSR count). The molecule has 1 aliphatic rings. The minimum absolute atomic E-state index is 0.160. The first-order valence-electron chi connectivity index (χ1n) is 6.26. The zero-order chi connectivity index (χ0) is 14.0. The molecule has 0 aliphatic carbocycles. The Morgan fingerprint density at radius 3 is 2.89 bits per heavy atom. The molecule has 7 nitrogen and oxygen atoms in total. The number of anilines is 2. The minimum atomic E-state index is -0.513. The van der Waals surface area contributed by atoms with Gasteiger partial charge in [-0.1, -0.05) is 13.8 Å². The van der Waals surface area contributed by atoms with Crippen LogP contribution in [0.25, 0.3) is 0 Å². The predicted octanol–water partition coefficient (Wildman–Crippen LogP) is -0.127. The van der Waals surface area contributed by atoms with Crippen LogP contribution in [0.1, 0.15) is 25.3 Å². The Morgan fingerprint density at radius 1 is 1.53 bits per heavy atom. The summed E-state index contributed by atoms with van der Waals surface area (Å²) in [5, 5.41) is 0. The summed E-state index contributed by atoms with van der Waals surface area (Å²) in [4.78, 5) is 21.7. The van der Waals surface area contributed by atoms with Crippen LogP contribution in [0.15, 0.2) is 6.33 Å². The highest BCUT2D eigenvalue weighted by Gasteiger charge is 2.31.